The minimum Gasteiger partial charge on any atom is -0.354 e. The molecule has 0 radical (unpaired) electrons. The van der Waals surface area contributed by atoms with Crippen molar-refractivity contribution in [1.82, 2.24) is 15.2 Å². The van der Waals surface area contributed by atoms with Crippen molar-refractivity contribution in [2.24, 2.45) is 0 Å². The molecule has 2 fully saturated rings. The van der Waals surface area contributed by atoms with Crippen LogP contribution in [-0.2, 0) is 0 Å². The van der Waals surface area contributed by atoms with Crippen LogP contribution in [0.25, 0.3) is 0 Å². The van der Waals surface area contributed by atoms with E-state index in [9.17, 15) is 0 Å². The summed E-state index contributed by atoms with van der Waals surface area (Å²) >= 11 is 0. The molecule has 2 heterocycles. The van der Waals surface area contributed by atoms with Gasteiger partial charge in [-0.05, 0) is 38.8 Å². The van der Waals surface area contributed by atoms with Crippen LogP contribution in [0.1, 0.15) is 44.7 Å². The number of piperazine rings is 1. The Morgan fingerprint density at radius 1 is 1.29 bits per heavy atom. The van der Waals surface area contributed by atoms with Crippen LogP contribution in [0.15, 0.2) is 18.3 Å². The highest BCUT2D eigenvalue weighted by Gasteiger charge is 2.31. The van der Waals surface area contributed by atoms with E-state index < -0.39 is 0 Å². The van der Waals surface area contributed by atoms with Gasteiger partial charge in [0.15, 0.2) is 0 Å². The molecule has 0 aromatic carbocycles. The summed E-state index contributed by atoms with van der Waals surface area (Å²) in [5.74, 6) is 1.18. The molecule has 0 bridgehead atoms. The van der Waals surface area contributed by atoms with E-state index in [1.54, 1.807) is 0 Å². The minimum atomic E-state index is 0.370. The van der Waals surface area contributed by atoms with Crippen molar-refractivity contribution in [1.29, 1.82) is 0 Å². The molecule has 3 rings (SSSR count). The van der Waals surface area contributed by atoms with Crippen molar-refractivity contribution < 1.29 is 0 Å². The van der Waals surface area contributed by atoms with Crippen LogP contribution in [0.2, 0.25) is 0 Å². The van der Waals surface area contributed by atoms with Crippen molar-refractivity contribution in [2.45, 2.75) is 45.2 Å². The predicted octanol–water partition coefficient (Wildman–Crippen LogP) is 2.43. The number of rotatable bonds is 6. The van der Waals surface area contributed by atoms with Crippen LogP contribution in [0.4, 0.5) is 5.82 Å². The zero-order valence-corrected chi connectivity index (χ0v) is 13.4. The summed E-state index contributed by atoms with van der Waals surface area (Å²) < 4.78 is 0. The third-order valence-electron chi connectivity index (χ3n) is 4.66. The zero-order valence-electron chi connectivity index (χ0n) is 13.4. The number of nitrogens with one attached hydrogen (secondary N) is 1. The summed E-state index contributed by atoms with van der Waals surface area (Å²) in [6.07, 6.45) is 5.91. The Morgan fingerprint density at radius 2 is 2.05 bits per heavy atom. The Bertz CT molecular complexity index is 450. The average Bonchev–Trinajstić information content (AvgIpc) is 3.38. The molecule has 4 nitrogen and oxygen atoms in total. The number of aromatic nitrogens is 1. The van der Waals surface area contributed by atoms with Crippen LogP contribution < -0.4 is 10.2 Å². The van der Waals surface area contributed by atoms with Gasteiger partial charge in [-0.15, -0.1) is 0 Å². The van der Waals surface area contributed by atoms with E-state index in [-0.39, 0.29) is 0 Å². The number of anilines is 1. The van der Waals surface area contributed by atoms with Gasteiger partial charge in [0.05, 0.1) is 0 Å². The highest BCUT2D eigenvalue weighted by atomic mass is 15.3. The summed E-state index contributed by atoms with van der Waals surface area (Å²) in [5.41, 5.74) is 1.34. The monoisotopic (exact) mass is 288 g/mol. The molecule has 1 unspecified atom stereocenters. The van der Waals surface area contributed by atoms with Gasteiger partial charge in [-0.2, -0.15) is 0 Å². The topological polar surface area (TPSA) is 31.4 Å². The SMILES string of the molecule is CCCNC(C)c1cccnc1N1CCN(C2CC2)CC1. The Labute approximate surface area is 128 Å². The number of hydrogen-bond acceptors (Lipinski definition) is 4. The molecule has 1 aromatic heterocycles. The average molecular weight is 288 g/mol. The first-order valence-corrected chi connectivity index (χ1v) is 8.47. The first kappa shape index (κ1) is 14.8. The molecule has 1 aliphatic heterocycles. The number of pyridine rings is 1. The summed E-state index contributed by atoms with van der Waals surface area (Å²) in [4.78, 5) is 9.81. The lowest BCUT2D eigenvalue weighted by Crippen LogP contribution is -2.48. The van der Waals surface area contributed by atoms with Gasteiger partial charge in [-0.3, -0.25) is 4.90 Å². The maximum Gasteiger partial charge on any atom is 0.133 e. The van der Waals surface area contributed by atoms with E-state index in [0.29, 0.717) is 6.04 Å². The Balaban J connectivity index is 1.67. The number of nitrogens with zero attached hydrogens (tertiary/aromatic N) is 3. The smallest absolute Gasteiger partial charge is 0.133 e. The highest BCUT2D eigenvalue weighted by Crippen LogP contribution is 2.29. The molecule has 0 spiro atoms. The molecule has 116 valence electrons. The van der Waals surface area contributed by atoms with Gasteiger partial charge >= 0.3 is 0 Å². The van der Waals surface area contributed by atoms with E-state index in [4.69, 9.17) is 0 Å². The summed E-state index contributed by atoms with van der Waals surface area (Å²) in [5, 5.41) is 3.59. The van der Waals surface area contributed by atoms with E-state index in [1.165, 1.54) is 43.7 Å². The fraction of sp³-hybridized carbons (Fsp3) is 0.706. The van der Waals surface area contributed by atoms with Gasteiger partial charge < -0.3 is 10.2 Å². The molecule has 1 atom stereocenters. The third kappa shape index (κ3) is 3.55. The summed E-state index contributed by atoms with van der Waals surface area (Å²) in [7, 11) is 0. The van der Waals surface area contributed by atoms with Gasteiger partial charge in [0.2, 0.25) is 0 Å². The van der Waals surface area contributed by atoms with Gasteiger partial charge in [0, 0.05) is 50.0 Å². The molecule has 4 heteroatoms. The Hall–Kier alpha value is -1.13. The van der Waals surface area contributed by atoms with Crippen LogP contribution in [0.5, 0.6) is 0 Å². The van der Waals surface area contributed by atoms with E-state index >= 15 is 0 Å². The maximum absolute atomic E-state index is 4.68. The Morgan fingerprint density at radius 3 is 2.71 bits per heavy atom. The van der Waals surface area contributed by atoms with Crippen molar-refractivity contribution in [3.8, 4) is 0 Å². The van der Waals surface area contributed by atoms with Crippen molar-refractivity contribution in [2.75, 3.05) is 37.6 Å². The predicted molar refractivity (Wildman–Crippen MR) is 87.8 cm³/mol. The molecule has 0 amide bonds. The van der Waals surface area contributed by atoms with E-state index in [2.05, 4.69) is 46.1 Å². The van der Waals surface area contributed by atoms with Crippen molar-refractivity contribution in [3.05, 3.63) is 23.9 Å². The van der Waals surface area contributed by atoms with E-state index in [0.717, 1.165) is 25.7 Å². The largest absolute Gasteiger partial charge is 0.354 e. The number of hydrogen-bond donors (Lipinski definition) is 1. The Kier molecular flexibility index (Phi) is 4.76. The van der Waals surface area contributed by atoms with E-state index in [1.807, 2.05) is 6.20 Å². The van der Waals surface area contributed by atoms with Crippen LogP contribution >= 0.6 is 0 Å². The van der Waals surface area contributed by atoms with Crippen LogP contribution in [-0.4, -0.2) is 48.6 Å². The molecule has 2 aliphatic rings. The fourth-order valence-electron chi connectivity index (χ4n) is 3.22. The van der Waals surface area contributed by atoms with Crippen molar-refractivity contribution in [3.63, 3.8) is 0 Å². The normalized spacial score (nSPS) is 21.5. The van der Waals surface area contributed by atoms with Gasteiger partial charge in [-0.25, -0.2) is 4.98 Å². The first-order chi connectivity index (χ1) is 10.3. The lowest BCUT2D eigenvalue weighted by molar-refractivity contribution is 0.247. The molecular formula is C17H28N4. The quantitative estimate of drug-likeness (QED) is 0.871. The maximum atomic E-state index is 4.68. The lowest BCUT2D eigenvalue weighted by Gasteiger charge is -2.36. The second-order valence-corrected chi connectivity index (χ2v) is 6.35. The van der Waals surface area contributed by atoms with Crippen molar-refractivity contribution >= 4 is 5.82 Å². The molecule has 21 heavy (non-hydrogen) atoms. The molecule has 1 aromatic rings. The molecule has 1 saturated heterocycles. The zero-order chi connectivity index (χ0) is 14.7. The van der Waals surface area contributed by atoms with Crippen LogP contribution in [0, 0.1) is 0 Å². The molecular weight excluding hydrogens is 260 g/mol. The lowest BCUT2D eigenvalue weighted by atomic mass is 10.1. The summed E-state index contributed by atoms with van der Waals surface area (Å²) in [6.45, 7) is 10.1. The first-order valence-electron chi connectivity index (χ1n) is 8.47. The molecule has 1 aliphatic carbocycles. The molecule has 1 saturated carbocycles. The standard InChI is InChI=1S/C17H28N4/c1-3-8-18-14(2)16-5-4-9-19-17(16)21-12-10-20(11-13-21)15-6-7-15/h4-5,9,14-15,18H,3,6-8,10-13H2,1-2H3. The fourth-order valence-corrected chi connectivity index (χ4v) is 3.22. The van der Waals surface area contributed by atoms with Gasteiger partial charge in [-0.1, -0.05) is 13.0 Å². The van der Waals surface area contributed by atoms with Gasteiger partial charge in [0.1, 0.15) is 5.82 Å². The summed E-state index contributed by atoms with van der Waals surface area (Å²) in [6, 6.07) is 5.54. The second kappa shape index (κ2) is 6.75. The van der Waals surface area contributed by atoms with Gasteiger partial charge in [0.25, 0.3) is 0 Å². The third-order valence-corrected chi connectivity index (χ3v) is 4.66. The second-order valence-electron chi connectivity index (χ2n) is 6.35. The van der Waals surface area contributed by atoms with Crippen LogP contribution in [0.3, 0.4) is 0 Å². The minimum absolute atomic E-state index is 0.370. The molecule has 1 N–H and O–H groups in total. The highest BCUT2D eigenvalue weighted by molar-refractivity contribution is 5.48.